The highest BCUT2D eigenvalue weighted by molar-refractivity contribution is 6.10. The molecule has 0 radical (unpaired) electrons. The highest BCUT2D eigenvalue weighted by Gasteiger charge is 2.52. The van der Waals surface area contributed by atoms with Crippen LogP contribution in [0, 0.1) is 0 Å². The molecule has 318 valence electrons. The van der Waals surface area contributed by atoms with E-state index in [9.17, 15) is 0 Å². The average Bonchev–Trinajstić information content (AvgIpc) is 4.01. The molecule has 0 bridgehead atoms. The second-order valence-corrected chi connectivity index (χ2v) is 18.0. The molecule has 14 rings (SSSR count). The minimum Gasteiger partial charge on any atom is -0.310 e. The minimum absolute atomic E-state index is 0.586. The molecular formula is C65H43N3. The van der Waals surface area contributed by atoms with Gasteiger partial charge >= 0.3 is 0 Å². The predicted molar refractivity (Wildman–Crippen MR) is 284 cm³/mol. The maximum absolute atomic E-state index is 2.50. The summed E-state index contributed by atoms with van der Waals surface area (Å²) in [6.07, 6.45) is 0. The van der Waals surface area contributed by atoms with Crippen molar-refractivity contribution in [3.8, 4) is 27.9 Å². The first-order valence-electron chi connectivity index (χ1n) is 23.5. The van der Waals surface area contributed by atoms with Crippen molar-refractivity contribution < 1.29 is 0 Å². The summed E-state index contributed by atoms with van der Waals surface area (Å²) >= 11 is 0. The van der Waals surface area contributed by atoms with E-state index in [2.05, 4.69) is 275 Å². The predicted octanol–water partition coefficient (Wildman–Crippen LogP) is 17.2. The molecule has 3 nitrogen and oxygen atoms in total. The first kappa shape index (κ1) is 38.4. The standard InChI is InChI=1S/C65H43N3/c1-4-21-45(22-5-1)66(50-37-40-57-56-30-14-17-33-63(56)68(64(57)43-50)47-25-8-3-9-26-47)48-35-38-54-52-28-12-15-31-58(52)65(60(54)41-48)59-32-16-13-29-53(59)55-39-36-49(42-61(55)65)67(46-23-6-2-7-24-46)62-34-18-20-44-19-10-11-27-51(44)62/h1-43H. The molecule has 1 unspecified atom stereocenters. The SMILES string of the molecule is c1ccc(N(c2ccc3c(c2)C2(c4ccccc4-3)c3ccccc3-c3ccc(N(c4ccccc4)c4cccc5ccccc45)cc32)c2ccc3c4ccccc4n(-c4ccccc4)c3c2)cc1. The fourth-order valence-electron chi connectivity index (χ4n) is 11.8. The molecule has 11 aromatic carbocycles. The van der Waals surface area contributed by atoms with Gasteiger partial charge < -0.3 is 14.4 Å². The van der Waals surface area contributed by atoms with Crippen LogP contribution in [0.4, 0.5) is 34.1 Å². The summed E-state index contributed by atoms with van der Waals surface area (Å²) in [6.45, 7) is 0. The summed E-state index contributed by atoms with van der Waals surface area (Å²) in [5, 5.41) is 4.89. The van der Waals surface area contributed by atoms with E-state index in [0.717, 1.165) is 39.8 Å². The molecule has 0 saturated heterocycles. The highest BCUT2D eigenvalue weighted by Crippen LogP contribution is 2.64. The van der Waals surface area contributed by atoms with Gasteiger partial charge in [0, 0.05) is 50.3 Å². The lowest BCUT2D eigenvalue weighted by atomic mass is 9.70. The van der Waals surface area contributed by atoms with Gasteiger partial charge in [0.15, 0.2) is 0 Å². The Bertz CT molecular complexity index is 3910. The van der Waals surface area contributed by atoms with Crippen LogP contribution >= 0.6 is 0 Å². The van der Waals surface area contributed by atoms with Crippen LogP contribution in [0.25, 0.3) is 60.5 Å². The number of rotatable bonds is 7. The van der Waals surface area contributed by atoms with Gasteiger partial charge in [0.1, 0.15) is 0 Å². The zero-order chi connectivity index (χ0) is 44.8. The topological polar surface area (TPSA) is 11.4 Å². The van der Waals surface area contributed by atoms with Crippen molar-refractivity contribution in [1.29, 1.82) is 0 Å². The summed E-state index contributed by atoms with van der Waals surface area (Å²) in [4.78, 5) is 4.89. The number of aromatic nitrogens is 1. The van der Waals surface area contributed by atoms with Crippen LogP contribution in [0.1, 0.15) is 22.3 Å². The summed E-state index contributed by atoms with van der Waals surface area (Å²) in [5.41, 5.74) is 19.9. The maximum atomic E-state index is 2.50. The van der Waals surface area contributed by atoms with E-state index in [1.807, 2.05) is 0 Å². The van der Waals surface area contributed by atoms with Crippen LogP contribution in [0.15, 0.2) is 261 Å². The largest absolute Gasteiger partial charge is 0.310 e. The number of nitrogens with zero attached hydrogens (tertiary/aromatic N) is 3. The molecular weight excluding hydrogens is 823 g/mol. The Morgan fingerprint density at radius 3 is 1.43 bits per heavy atom. The van der Waals surface area contributed by atoms with Crippen LogP contribution in [0.2, 0.25) is 0 Å². The number of benzene rings is 11. The van der Waals surface area contributed by atoms with E-state index in [-0.39, 0.29) is 0 Å². The Kier molecular flexibility index (Phi) is 8.50. The van der Waals surface area contributed by atoms with Crippen molar-refractivity contribution in [2.75, 3.05) is 9.80 Å². The number of hydrogen-bond acceptors (Lipinski definition) is 2. The quantitative estimate of drug-likeness (QED) is 0.158. The van der Waals surface area contributed by atoms with Gasteiger partial charge in [0.2, 0.25) is 0 Å². The Morgan fingerprint density at radius 1 is 0.279 bits per heavy atom. The first-order valence-corrected chi connectivity index (χ1v) is 23.5. The van der Waals surface area contributed by atoms with Crippen molar-refractivity contribution >= 4 is 66.7 Å². The smallest absolute Gasteiger partial charge is 0.0727 e. The molecule has 1 spiro atoms. The van der Waals surface area contributed by atoms with Crippen LogP contribution in [-0.2, 0) is 5.41 Å². The number of hydrogen-bond donors (Lipinski definition) is 0. The normalized spacial score (nSPS) is 14.2. The molecule has 0 fully saturated rings. The molecule has 1 aromatic heterocycles. The van der Waals surface area contributed by atoms with Crippen molar-refractivity contribution in [2.24, 2.45) is 0 Å². The van der Waals surface area contributed by atoms with Crippen LogP contribution in [0.5, 0.6) is 0 Å². The molecule has 1 atom stereocenters. The maximum Gasteiger partial charge on any atom is 0.0727 e. The third kappa shape index (κ3) is 5.54. The van der Waals surface area contributed by atoms with E-state index >= 15 is 0 Å². The minimum atomic E-state index is -0.586. The van der Waals surface area contributed by atoms with Gasteiger partial charge in [-0.05, 0) is 135 Å². The van der Waals surface area contributed by atoms with Gasteiger partial charge in [-0.3, -0.25) is 0 Å². The lowest BCUT2D eigenvalue weighted by molar-refractivity contribution is 0.793. The molecule has 1 heterocycles. The second kappa shape index (κ2) is 15.1. The third-order valence-electron chi connectivity index (χ3n) is 14.5. The summed E-state index contributed by atoms with van der Waals surface area (Å²) < 4.78 is 2.41. The van der Waals surface area contributed by atoms with E-state index in [4.69, 9.17) is 0 Å². The van der Waals surface area contributed by atoms with E-state index in [1.54, 1.807) is 0 Å². The third-order valence-corrected chi connectivity index (χ3v) is 14.5. The van der Waals surface area contributed by atoms with E-state index in [0.29, 0.717) is 0 Å². The average molecular weight is 866 g/mol. The van der Waals surface area contributed by atoms with Crippen molar-refractivity contribution in [2.45, 2.75) is 5.41 Å². The Labute approximate surface area is 395 Å². The first-order chi connectivity index (χ1) is 33.8. The molecule has 3 heteroatoms. The highest BCUT2D eigenvalue weighted by atomic mass is 15.2. The Hall–Kier alpha value is -8.92. The van der Waals surface area contributed by atoms with Gasteiger partial charge in [-0.2, -0.15) is 0 Å². The lowest BCUT2D eigenvalue weighted by Crippen LogP contribution is -2.26. The second-order valence-electron chi connectivity index (χ2n) is 18.0. The van der Waals surface area contributed by atoms with Crippen molar-refractivity contribution in [3.05, 3.63) is 283 Å². The number of para-hydroxylation sites is 4. The summed E-state index contributed by atoms with van der Waals surface area (Å²) in [5.74, 6) is 0. The fourth-order valence-corrected chi connectivity index (χ4v) is 11.8. The van der Waals surface area contributed by atoms with Crippen LogP contribution in [-0.4, -0.2) is 4.57 Å². The number of anilines is 6. The molecule has 0 N–H and O–H groups in total. The van der Waals surface area contributed by atoms with Crippen LogP contribution in [0.3, 0.4) is 0 Å². The molecule has 68 heavy (non-hydrogen) atoms. The lowest BCUT2D eigenvalue weighted by Gasteiger charge is -2.33. The Morgan fingerprint density at radius 2 is 0.750 bits per heavy atom. The molecule has 2 aliphatic carbocycles. The van der Waals surface area contributed by atoms with Gasteiger partial charge in [-0.25, -0.2) is 0 Å². The molecule has 12 aromatic rings. The van der Waals surface area contributed by atoms with Gasteiger partial charge in [0.25, 0.3) is 0 Å². The summed E-state index contributed by atoms with van der Waals surface area (Å²) in [6, 6.07) is 96.2. The van der Waals surface area contributed by atoms with Gasteiger partial charge in [-0.1, -0.05) is 176 Å². The van der Waals surface area contributed by atoms with Crippen molar-refractivity contribution in [3.63, 3.8) is 0 Å². The zero-order valence-electron chi connectivity index (χ0n) is 37.2. The molecule has 0 saturated carbocycles. The van der Waals surface area contributed by atoms with E-state index < -0.39 is 5.41 Å². The number of fused-ring (bicyclic) bond motifs is 14. The Balaban J connectivity index is 1.02. The van der Waals surface area contributed by atoms with Crippen molar-refractivity contribution in [1.82, 2.24) is 4.57 Å². The fraction of sp³-hybridized carbons (Fsp3) is 0.0154. The molecule has 0 amide bonds. The van der Waals surface area contributed by atoms with Gasteiger partial charge in [-0.15, -0.1) is 0 Å². The molecule has 2 aliphatic rings. The summed E-state index contributed by atoms with van der Waals surface area (Å²) in [7, 11) is 0. The molecule has 0 aliphatic heterocycles. The van der Waals surface area contributed by atoms with E-state index in [1.165, 1.54) is 77.1 Å². The van der Waals surface area contributed by atoms with Gasteiger partial charge in [0.05, 0.1) is 22.1 Å². The zero-order valence-corrected chi connectivity index (χ0v) is 37.2. The monoisotopic (exact) mass is 865 g/mol. The van der Waals surface area contributed by atoms with Crippen LogP contribution < -0.4 is 9.80 Å².